The molecule has 1 rings (SSSR count). The minimum atomic E-state index is -0.710. The number of carbonyl (C=O) groups is 4. The zero-order valence-electron chi connectivity index (χ0n) is 16.1. The van der Waals surface area contributed by atoms with Crippen molar-refractivity contribution in [2.45, 2.75) is 40.5 Å². The van der Waals surface area contributed by atoms with Crippen molar-refractivity contribution in [2.24, 2.45) is 0 Å². The Morgan fingerprint density at radius 1 is 0.963 bits per heavy atom. The number of hydrogen-bond donors (Lipinski definition) is 2. The van der Waals surface area contributed by atoms with Crippen LogP contribution in [0.25, 0.3) is 0 Å². The standard InChI is InChI=1S/C18H26N2O7/c1-5-25-14(22)8-7-9-19-13(21)10-27-17(23)15-11(3)16(20-12(15)4)18(24)26-6-2/h20H,5-10H2,1-4H3,(H,19,21). The van der Waals surface area contributed by atoms with Crippen LogP contribution in [0.3, 0.4) is 0 Å². The third kappa shape index (κ3) is 6.76. The summed E-state index contributed by atoms with van der Waals surface area (Å²) in [7, 11) is 0. The Bertz CT molecular complexity index is 694. The normalized spacial score (nSPS) is 10.2. The maximum Gasteiger partial charge on any atom is 0.355 e. The van der Waals surface area contributed by atoms with Crippen molar-refractivity contribution in [3.63, 3.8) is 0 Å². The number of amides is 1. The molecule has 0 bridgehead atoms. The van der Waals surface area contributed by atoms with Crippen molar-refractivity contribution in [1.29, 1.82) is 0 Å². The largest absolute Gasteiger partial charge is 0.466 e. The van der Waals surface area contributed by atoms with E-state index in [0.29, 0.717) is 24.3 Å². The van der Waals surface area contributed by atoms with Crippen LogP contribution >= 0.6 is 0 Å². The van der Waals surface area contributed by atoms with Crippen LogP contribution < -0.4 is 5.32 Å². The Morgan fingerprint density at radius 3 is 2.26 bits per heavy atom. The van der Waals surface area contributed by atoms with Gasteiger partial charge >= 0.3 is 17.9 Å². The van der Waals surface area contributed by atoms with Crippen LogP contribution in [0.1, 0.15) is 58.8 Å². The molecule has 0 radical (unpaired) electrons. The second-order valence-electron chi connectivity index (χ2n) is 5.68. The van der Waals surface area contributed by atoms with E-state index in [-0.39, 0.29) is 36.8 Å². The van der Waals surface area contributed by atoms with Crippen LogP contribution in [0.15, 0.2) is 0 Å². The van der Waals surface area contributed by atoms with Gasteiger partial charge < -0.3 is 24.5 Å². The Labute approximate surface area is 157 Å². The summed E-state index contributed by atoms with van der Waals surface area (Å²) < 4.78 is 14.7. The fourth-order valence-electron chi connectivity index (χ4n) is 2.41. The van der Waals surface area contributed by atoms with E-state index < -0.39 is 24.5 Å². The first kappa shape index (κ1) is 22.2. The third-order valence-corrected chi connectivity index (χ3v) is 3.64. The van der Waals surface area contributed by atoms with E-state index in [9.17, 15) is 19.2 Å². The number of hydrogen-bond acceptors (Lipinski definition) is 7. The summed E-state index contributed by atoms with van der Waals surface area (Å²) in [5.74, 6) is -2.08. The van der Waals surface area contributed by atoms with Gasteiger partial charge in [-0.25, -0.2) is 9.59 Å². The Kier molecular flexibility index (Phi) is 9.04. The van der Waals surface area contributed by atoms with Crippen molar-refractivity contribution in [3.8, 4) is 0 Å². The molecule has 0 spiro atoms. The Morgan fingerprint density at radius 2 is 1.63 bits per heavy atom. The molecule has 0 aliphatic carbocycles. The highest BCUT2D eigenvalue weighted by atomic mass is 16.5. The van der Waals surface area contributed by atoms with E-state index >= 15 is 0 Å². The molecule has 0 aliphatic heterocycles. The smallest absolute Gasteiger partial charge is 0.355 e. The molecule has 9 heteroatoms. The summed E-state index contributed by atoms with van der Waals surface area (Å²) in [6, 6.07) is 0. The molecule has 9 nitrogen and oxygen atoms in total. The number of nitrogens with one attached hydrogen (secondary N) is 2. The quantitative estimate of drug-likeness (QED) is 0.356. The molecule has 0 fully saturated rings. The van der Waals surface area contributed by atoms with E-state index in [1.807, 2.05) is 0 Å². The van der Waals surface area contributed by atoms with Gasteiger partial charge in [0.25, 0.3) is 5.91 Å². The number of carbonyl (C=O) groups excluding carboxylic acids is 4. The first-order chi connectivity index (χ1) is 12.8. The van der Waals surface area contributed by atoms with E-state index in [0.717, 1.165) is 0 Å². The van der Waals surface area contributed by atoms with Crippen molar-refractivity contribution in [2.75, 3.05) is 26.4 Å². The predicted octanol–water partition coefficient (Wildman–Crippen LogP) is 1.42. The van der Waals surface area contributed by atoms with Crippen LogP contribution in [0.4, 0.5) is 0 Å². The average Bonchev–Trinajstić information content (AvgIpc) is 2.91. The van der Waals surface area contributed by atoms with Gasteiger partial charge in [-0.15, -0.1) is 0 Å². The van der Waals surface area contributed by atoms with Crippen molar-refractivity contribution in [1.82, 2.24) is 10.3 Å². The van der Waals surface area contributed by atoms with E-state index in [1.54, 1.807) is 27.7 Å². The first-order valence-electron chi connectivity index (χ1n) is 8.77. The fourth-order valence-corrected chi connectivity index (χ4v) is 2.41. The van der Waals surface area contributed by atoms with Crippen molar-refractivity contribution in [3.05, 3.63) is 22.5 Å². The lowest BCUT2D eigenvalue weighted by atomic mass is 10.1. The second-order valence-corrected chi connectivity index (χ2v) is 5.68. The number of ether oxygens (including phenoxy) is 3. The van der Waals surface area contributed by atoms with Crippen LogP contribution in [0, 0.1) is 13.8 Å². The minimum Gasteiger partial charge on any atom is -0.466 e. The molecule has 1 aromatic heterocycles. The third-order valence-electron chi connectivity index (χ3n) is 3.64. The molecule has 150 valence electrons. The molecule has 0 aromatic carbocycles. The minimum absolute atomic E-state index is 0.185. The molecule has 1 heterocycles. The van der Waals surface area contributed by atoms with Gasteiger partial charge in [0.15, 0.2) is 6.61 Å². The monoisotopic (exact) mass is 382 g/mol. The second kappa shape index (κ2) is 11.0. The van der Waals surface area contributed by atoms with Gasteiger partial charge in [0, 0.05) is 18.7 Å². The van der Waals surface area contributed by atoms with Crippen LogP contribution in [-0.4, -0.2) is 55.2 Å². The molecule has 27 heavy (non-hydrogen) atoms. The molecule has 2 N–H and O–H groups in total. The van der Waals surface area contributed by atoms with Crippen LogP contribution in [0.2, 0.25) is 0 Å². The average molecular weight is 382 g/mol. The summed E-state index contributed by atoms with van der Waals surface area (Å²) in [5, 5.41) is 2.55. The van der Waals surface area contributed by atoms with Gasteiger partial charge in [0.05, 0.1) is 18.8 Å². The molecular formula is C18H26N2O7. The fraction of sp³-hybridized carbons (Fsp3) is 0.556. The number of aromatic nitrogens is 1. The van der Waals surface area contributed by atoms with Gasteiger partial charge in [0.2, 0.25) is 0 Å². The lowest BCUT2D eigenvalue weighted by Crippen LogP contribution is -2.30. The van der Waals surface area contributed by atoms with Crippen molar-refractivity contribution >= 4 is 23.8 Å². The summed E-state index contributed by atoms with van der Waals surface area (Å²) in [6.07, 6.45) is 0.629. The number of rotatable bonds is 10. The van der Waals surface area contributed by atoms with Gasteiger partial charge in [-0.05, 0) is 39.7 Å². The maximum atomic E-state index is 12.2. The summed E-state index contributed by atoms with van der Waals surface area (Å²) in [6.45, 7) is 6.97. The SMILES string of the molecule is CCOC(=O)CCCNC(=O)COC(=O)c1c(C)[nH]c(C(=O)OCC)c1C. The Balaban J connectivity index is 2.49. The molecule has 0 saturated heterocycles. The van der Waals surface area contributed by atoms with Crippen LogP contribution in [0.5, 0.6) is 0 Å². The molecule has 0 aliphatic rings. The van der Waals surface area contributed by atoms with Crippen molar-refractivity contribution < 1.29 is 33.4 Å². The van der Waals surface area contributed by atoms with Crippen LogP contribution in [-0.2, 0) is 23.8 Å². The summed E-state index contributed by atoms with van der Waals surface area (Å²) in [5.41, 5.74) is 1.25. The highest BCUT2D eigenvalue weighted by Gasteiger charge is 2.24. The van der Waals surface area contributed by atoms with E-state index in [4.69, 9.17) is 14.2 Å². The summed E-state index contributed by atoms with van der Waals surface area (Å²) in [4.78, 5) is 49.8. The van der Waals surface area contributed by atoms with E-state index in [2.05, 4.69) is 10.3 Å². The van der Waals surface area contributed by atoms with Gasteiger partial charge in [-0.3, -0.25) is 9.59 Å². The predicted molar refractivity (Wildman–Crippen MR) is 95.4 cm³/mol. The zero-order chi connectivity index (χ0) is 20.4. The molecule has 0 unspecified atom stereocenters. The van der Waals surface area contributed by atoms with Gasteiger partial charge in [0.1, 0.15) is 5.69 Å². The molecule has 0 saturated carbocycles. The number of H-pyrrole nitrogens is 1. The highest BCUT2D eigenvalue weighted by Crippen LogP contribution is 2.19. The number of aromatic amines is 1. The highest BCUT2D eigenvalue weighted by molar-refractivity contribution is 5.99. The maximum absolute atomic E-state index is 12.2. The number of aryl methyl sites for hydroxylation is 1. The summed E-state index contributed by atoms with van der Waals surface area (Å²) >= 11 is 0. The van der Waals surface area contributed by atoms with E-state index in [1.165, 1.54) is 0 Å². The molecule has 1 amide bonds. The molecular weight excluding hydrogens is 356 g/mol. The topological polar surface area (TPSA) is 124 Å². The Hall–Kier alpha value is -2.84. The molecule has 0 atom stereocenters. The lowest BCUT2D eigenvalue weighted by molar-refractivity contribution is -0.143. The number of esters is 3. The van der Waals surface area contributed by atoms with Gasteiger partial charge in [-0.1, -0.05) is 0 Å². The van der Waals surface area contributed by atoms with Gasteiger partial charge in [-0.2, -0.15) is 0 Å². The first-order valence-corrected chi connectivity index (χ1v) is 8.77. The molecule has 1 aromatic rings. The lowest BCUT2D eigenvalue weighted by Gasteiger charge is -2.07. The zero-order valence-corrected chi connectivity index (χ0v) is 16.1.